The molecule has 5 heteroatoms. The van der Waals surface area contributed by atoms with E-state index in [2.05, 4.69) is 58.7 Å². The standard InChI is InChI=1S/C29H29ClN2OS/c1-31-23-14-16-24(17-15-23)32(29(33)28-27(30)25-12-5-6-13-26(25)34-28)19-20-8-7-11-22(18-20)21-9-3-2-4-10-21/h2-13,18,23-24,31H,14-17,19H2,1H3. The zero-order valence-corrected chi connectivity index (χ0v) is 20.9. The molecule has 1 fully saturated rings. The van der Waals surface area contributed by atoms with Gasteiger partial charge in [-0.05, 0) is 61.6 Å². The van der Waals surface area contributed by atoms with Crippen molar-refractivity contribution in [3.8, 4) is 11.1 Å². The summed E-state index contributed by atoms with van der Waals surface area (Å²) in [4.78, 5) is 16.7. The van der Waals surface area contributed by atoms with E-state index in [1.807, 2.05) is 37.4 Å². The molecule has 0 saturated heterocycles. The molecule has 0 spiro atoms. The molecule has 3 nitrogen and oxygen atoms in total. The Bertz CT molecular complexity index is 1280. The van der Waals surface area contributed by atoms with Gasteiger partial charge in [0.2, 0.25) is 0 Å². The molecule has 3 aromatic carbocycles. The molecule has 34 heavy (non-hydrogen) atoms. The van der Waals surface area contributed by atoms with E-state index in [-0.39, 0.29) is 11.9 Å². The summed E-state index contributed by atoms with van der Waals surface area (Å²) >= 11 is 8.25. The first kappa shape index (κ1) is 23.1. The van der Waals surface area contributed by atoms with Gasteiger partial charge in [-0.1, -0.05) is 78.3 Å². The summed E-state index contributed by atoms with van der Waals surface area (Å²) in [5, 5.41) is 4.95. The SMILES string of the molecule is CNC1CCC(N(Cc2cccc(-c3ccccc3)c2)C(=O)c2sc3ccccc3c2Cl)CC1. The van der Waals surface area contributed by atoms with Crippen molar-refractivity contribution < 1.29 is 4.79 Å². The molecule has 1 saturated carbocycles. The number of carbonyl (C=O) groups is 1. The summed E-state index contributed by atoms with van der Waals surface area (Å²) in [6.07, 6.45) is 4.15. The van der Waals surface area contributed by atoms with Crippen LogP contribution in [0.15, 0.2) is 78.9 Å². The number of thiophene rings is 1. The molecule has 0 aliphatic heterocycles. The van der Waals surface area contributed by atoms with Crippen LogP contribution in [0.1, 0.15) is 40.9 Å². The molecule has 0 unspecified atom stereocenters. The first-order valence-electron chi connectivity index (χ1n) is 11.9. The quantitative estimate of drug-likeness (QED) is 0.306. The largest absolute Gasteiger partial charge is 0.331 e. The van der Waals surface area contributed by atoms with Gasteiger partial charge in [-0.25, -0.2) is 0 Å². The fourth-order valence-electron chi connectivity index (χ4n) is 5.00. The molecule has 4 aromatic rings. The van der Waals surface area contributed by atoms with Crippen molar-refractivity contribution in [3.05, 3.63) is 94.3 Å². The zero-order chi connectivity index (χ0) is 23.5. The van der Waals surface area contributed by atoms with Crippen LogP contribution in [0.5, 0.6) is 0 Å². The highest BCUT2D eigenvalue weighted by Crippen LogP contribution is 2.37. The lowest BCUT2D eigenvalue weighted by Crippen LogP contribution is -2.44. The van der Waals surface area contributed by atoms with Crippen molar-refractivity contribution in [2.75, 3.05) is 7.05 Å². The van der Waals surface area contributed by atoms with Crippen molar-refractivity contribution >= 4 is 38.9 Å². The second-order valence-electron chi connectivity index (χ2n) is 9.03. The normalized spacial score (nSPS) is 18.2. The van der Waals surface area contributed by atoms with Crippen LogP contribution in [0.25, 0.3) is 21.2 Å². The highest BCUT2D eigenvalue weighted by atomic mass is 35.5. The number of amides is 1. The molecule has 0 bridgehead atoms. The molecule has 5 rings (SSSR count). The second-order valence-corrected chi connectivity index (χ2v) is 10.5. The van der Waals surface area contributed by atoms with E-state index in [0.717, 1.165) is 41.3 Å². The number of nitrogens with zero attached hydrogens (tertiary/aromatic N) is 1. The summed E-state index contributed by atoms with van der Waals surface area (Å²) in [6.45, 7) is 0.582. The molecular weight excluding hydrogens is 460 g/mol. The molecular formula is C29H29ClN2OS. The van der Waals surface area contributed by atoms with E-state index in [0.29, 0.717) is 22.5 Å². The molecule has 1 heterocycles. The second kappa shape index (κ2) is 10.3. The predicted molar refractivity (Wildman–Crippen MR) is 144 cm³/mol. The van der Waals surface area contributed by atoms with Crippen LogP contribution in [0.3, 0.4) is 0 Å². The number of carbonyl (C=O) groups excluding carboxylic acids is 1. The Balaban J connectivity index is 1.47. The zero-order valence-electron chi connectivity index (χ0n) is 19.3. The number of benzene rings is 3. The lowest BCUT2D eigenvalue weighted by molar-refractivity contribution is 0.0606. The van der Waals surface area contributed by atoms with Gasteiger partial charge in [-0.3, -0.25) is 4.79 Å². The lowest BCUT2D eigenvalue weighted by Gasteiger charge is -2.37. The van der Waals surface area contributed by atoms with E-state index >= 15 is 0 Å². The van der Waals surface area contributed by atoms with Crippen molar-refractivity contribution in [1.82, 2.24) is 10.2 Å². The molecule has 0 atom stereocenters. The van der Waals surface area contributed by atoms with Crippen LogP contribution in [0, 0.1) is 0 Å². The minimum absolute atomic E-state index is 0.0456. The van der Waals surface area contributed by atoms with Gasteiger partial charge in [-0.15, -0.1) is 11.3 Å². The van der Waals surface area contributed by atoms with Crippen LogP contribution in [-0.4, -0.2) is 29.9 Å². The Kier molecular flexibility index (Phi) is 7.00. The monoisotopic (exact) mass is 488 g/mol. The van der Waals surface area contributed by atoms with Gasteiger partial charge >= 0.3 is 0 Å². The number of nitrogens with one attached hydrogen (secondary N) is 1. The Hall–Kier alpha value is -2.66. The topological polar surface area (TPSA) is 32.3 Å². The molecule has 1 aliphatic rings. The van der Waals surface area contributed by atoms with Crippen LogP contribution in [-0.2, 0) is 6.54 Å². The maximum atomic E-state index is 14.0. The van der Waals surface area contributed by atoms with Crippen LogP contribution in [0.4, 0.5) is 0 Å². The van der Waals surface area contributed by atoms with Crippen molar-refractivity contribution in [1.29, 1.82) is 0 Å². The molecule has 1 N–H and O–H groups in total. The molecule has 0 radical (unpaired) electrons. The molecule has 1 aromatic heterocycles. The van der Waals surface area contributed by atoms with E-state index < -0.39 is 0 Å². The fourth-order valence-corrected chi connectivity index (χ4v) is 6.47. The predicted octanol–water partition coefficient (Wildman–Crippen LogP) is 7.39. The van der Waals surface area contributed by atoms with E-state index in [4.69, 9.17) is 11.6 Å². The highest BCUT2D eigenvalue weighted by molar-refractivity contribution is 7.21. The number of hydrogen-bond acceptors (Lipinski definition) is 3. The molecule has 1 aliphatic carbocycles. The first-order chi connectivity index (χ1) is 16.6. The smallest absolute Gasteiger partial charge is 0.266 e. The van der Waals surface area contributed by atoms with E-state index in [1.165, 1.54) is 22.5 Å². The maximum absolute atomic E-state index is 14.0. The molecule has 174 valence electrons. The summed E-state index contributed by atoms with van der Waals surface area (Å²) in [6, 6.07) is 27.7. The van der Waals surface area contributed by atoms with Crippen LogP contribution < -0.4 is 5.32 Å². The Morgan fingerprint density at radius 1 is 0.941 bits per heavy atom. The number of fused-ring (bicyclic) bond motifs is 1. The maximum Gasteiger partial charge on any atom is 0.266 e. The highest BCUT2D eigenvalue weighted by Gasteiger charge is 2.31. The summed E-state index contributed by atoms with van der Waals surface area (Å²) < 4.78 is 1.06. The number of hydrogen-bond donors (Lipinski definition) is 1. The van der Waals surface area contributed by atoms with Gasteiger partial charge in [0, 0.05) is 28.7 Å². The molecule has 1 amide bonds. The third-order valence-electron chi connectivity index (χ3n) is 6.92. The third kappa shape index (κ3) is 4.76. The average Bonchev–Trinajstić information content (AvgIpc) is 3.24. The van der Waals surface area contributed by atoms with Crippen LogP contribution in [0.2, 0.25) is 5.02 Å². The van der Waals surface area contributed by atoms with Crippen molar-refractivity contribution in [2.24, 2.45) is 0 Å². The van der Waals surface area contributed by atoms with E-state index in [1.54, 1.807) is 0 Å². The lowest BCUT2D eigenvalue weighted by atomic mass is 9.89. The van der Waals surface area contributed by atoms with Gasteiger partial charge in [-0.2, -0.15) is 0 Å². The number of rotatable bonds is 6. The Labute approximate surface area is 210 Å². The fraction of sp³-hybridized carbons (Fsp3) is 0.276. The first-order valence-corrected chi connectivity index (χ1v) is 13.1. The van der Waals surface area contributed by atoms with Crippen molar-refractivity contribution in [3.63, 3.8) is 0 Å². The summed E-state index contributed by atoms with van der Waals surface area (Å²) in [5.74, 6) is 0.0456. The van der Waals surface area contributed by atoms with Crippen molar-refractivity contribution in [2.45, 2.75) is 44.3 Å². The Morgan fingerprint density at radius 3 is 2.38 bits per heavy atom. The third-order valence-corrected chi connectivity index (χ3v) is 8.59. The van der Waals surface area contributed by atoms with E-state index in [9.17, 15) is 4.79 Å². The average molecular weight is 489 g/mol. The number of halogens is 1. The van der Waals surface area contributed by atoms with Gasteiger partial charge in [0.15, 0.2) is 0 Å². The summed E-state index contributed by atoms with van der Waals surface area (Å²) in [7, 11) is 2.03. The van der Waals surface area contributed by atoms with Gasteiger partial charge < -0.3 is 10.2 Å². The van der Waals surface area contributed by atoms with Gasteiger partial charge in [0.25, 0.3) is 5.91 Å². The van der Waals surface area contributed by atoms with Crippen LogP contribution >= 0.6 is 22.9 Å². The van der Waals surface area contributed by atoms with Gasteiger partial charge in [0.05, 0.1) is 5.02 Å². The Morgan fingerprint density at radius 2 is 1.65 bits per heavy atom. The summed E-state index contributed by atoms with van der Waals surface area (Å²) in [5.41, 5.74) is 3.50. The van der Waals surface area contributed by atoms with Gasteiger partial charge in [0.1, 0.15) is 4.88 Å². The minimum atomic E-state index is 0.0456. The minimum Gasteiger partial charge on any atom is -0.331 e.